The molecule has 0 unspecified atom stereocenters. The first-order valence-electron chi connectivity index (χ1n) is 6.07. The molecular formula is C13H16F2N2O. The van der Waals surface area contributed by atoms with E-state index in [0.717, 1.165) is 43.9 Å². The van der Waals surface area contributed by atoms with E-state index >= 15 is 0 Å². The van der Waals surface area contributed by atoms with Crippen molar-refractivity contribution in [3.8, 4) is 0 Å². The molecule has 0 heterocycles. The SMILES string of the molecule is NC1CCC(C(=O)Nc2cc(F)cc(F)c2)CC1. The van der Waals surface area contributed by atoms with Gasteiger partial charge in [-0.05, 0) is 37.8 Å². The van der Waals surface area contributed by atoms with Gasteiger partial charge in [0.1, 0.15) is 11.6 Å². The highest BCUT2D eigenvalue weighted by Crippen LogP contribution is 2.24. The topological polar surface area (TPSA) is 55.1 Å². The molecule has 5 heteroatoms. The molecular weight excluding hydrogens is 238 g/mol. The summed E-state index contributed by atoms with van der Waals surface area (Å²) in [5.74, 6) is -1.70. The van der Waals surface area contributed by atoms with Gasteiger partial charge in [-0.15, -0.1) is 0 Å². The van der Waals surface area contributed by atoms with Crippen LogP contribution in [0, 0.1) is 17.6 Å². The lowest BCUT2D eigenvalue weighted by Gasteiger charge is -2.25. The Morgan fingerprint density at radius 3 is 2.22 bits per heavy atom. The average molecular weight is 254 g/mol. The van der Waals surface area contributed by atoms with Crippen LogP contribution in [0.3, 0.4) is 0 Å². The van der Waals surface area contributed by atoms with Gasteiger partial charge < -0.3 is 11.1 Å². The van der Waals surface area contributed by atoms with Crippen LogP contribution in [0.15, 0.2) is 18.2 Å². The molecule has 1 aliphatic carbocycles. The number of nitrogens with one attached hydrogen (secondary N) is 1. The summed E-state index contributed by atoms with van der Waals surface area (Å²) >= 11 is 0. The normalized spacial score (nSPS) is 23.7. The first-order chi connectivity index (χ1) is 8.54. The summed E-state index contributed by atoms with van der Waals surface area (Å²) in [5, 5.41) is 2.55. The largest absolute Gasteiger partial charge is 0.328 e. The summed E-state index contributed by atoms with van der Waals surface area (Å²) < 4.78 is 25.9. The minimum Gasteiger partial charge on any atom is -0.328 e. The Morgan fingerprint density at radius 2 is 1.67 bits per heavy atom. The molecule has 0 saturated heterocycles. The van der Waals surface area contributed by atoms with Crippen LogP contribution >= 0.6 is 0 Å². The van der Waals surface area contributed by atoms with Crippen LogP contribution in [0.25, 0.3) is 0 Å². The van der Waals surface area contributed by atoms with Crippen molar-refractivity contribution >= 4 is 11.6 Å². The van der Waals surface area contributed by atoms with Crippen molar-refractivity contribution in [1.29, 1.82) is 0 Å². The average Bonchev–Trinajstić information content (AvgIpc) is 2.28. The van der Waals surface area contributed by atoms with E-state index in [4.69, 9.17) is 5.73 Å². The van der Waals surface area contributed by atoms with Gasteiger partial charge in [0.15, 0.2) is 0 Å². The standard InChI is InChI=1S/C13H16F2N2O/c14-9-5-10(15)7-12(6-9)17-13(18)8-1-3-11(16)4-2-8/h5-8,11H,1-4,16H2,(H,17,18). The minimum absolute atomic E-state index is 0.115. The fourth-order valence-electron chi connectivity index (χ4n) is 2.25. The molecule has 3 N–H and O–H groups in total. The van der Waals surface area contributed by atoms with Crippen LogP contribution in [0.1, 0.15) is 25.7 Å². The molecule has 98 valence electrons. The molecule has 1 saturated carbocycles. The molecule has 0 spiro atoms. The van der Waals surface area contributed by atoms with Crippen LogP contribution in [0.5, 0.6) is 0 Å². The second kappa shape index (κ2) is 5.44. The maximum atomic E-state index is 13.0. The molecule has 18 heavy (non-hydrogen) atoms. The maximum Gasteiger partial charge on any atom is 0.227 e. The third-order valence-corrected chi connectivity index (χ3v) is 3.27. The lowest BCUT2D eigenvalue weighted by molar-refractivity contribution is -0.120. The van der Waals surface area contributed by atoms with Gasteiger partial charge in [0, 0.05) is 23.7 Å². The predicted molar refractivity (Wildman–Crippen MR) is 64.9 cm³/mol. The smallest absolute Gasteiger partial charge is 0.227 e. The number of amides is 1. The molecule has 0 aliphatic heterocycles. The third-order valence-electron chi connectivity index (χ3n) is 3.27. The third kappa shape index (κ3) is 3.26. The second-order valence-electron chi connectivity index (χ2n) is 4.76. The van der Waals surface area contributed by atoms with Crippen LogP contribution in [-0.2, 0) is 4.79 Å². The van der Waals surface area contributed by atoms with Crippen molar-refractivity contribution in [2.75, 3.05) is 5.32 Å². The van der Waals surface area contributed by atoms with E-state index in [9.17, 15) is 13.6 Å². The summed E-state index contributed by atoms with van der Waals surface area (Å²) in [4.78, 5) is 11.9. The van der Waals surface area contributed by atoms with E-state index in [1.807, 2.05) is 0 Å². The zero-order valence-corrected chi connectivity index (χ0v) is 9.96. The summed E-state index contributed by atoms with van der Waals surface area (Å²) in [5.41, 5.74) is 5.92. The first kappa shape index (κ1) is 13.0. The van der Waals surface area contributed by atoms with Gasteiger partial charge in [0.05, 0.1) is 0 Å². The van der Waals surface area contributed by atoms with Crippen molar-refractivity contribution < 1.29 is 13.6 Å². The van der Waals surface area contributed by atoms with Gasteiger partial charge in [-0.2, -0.15) is 0 Å². The number of rotatable bonds is 2. The highest BCUT2D eigenvalue weighted by atomic mass is 19.1. The number of carbonyl (C=O) groups is 1. The van der Waals surface area contributed by atoms with Crippen molar-refractivity contribution in [3.63, 3.8) is 0 Å². The van der Waals surface area contributed by atoms with E-state index < -0.39 is 11.6 Å². The summed E-state index contributed by atoms with van der Waals surface area (Å²) in [7, 11) is 0. The van der Waals surface area contributed by atoms with Gasteiger partial charge in [0.2, 0.25) is 5.91 Å². The Labute approximate surface area is 104 Å². The minimum atomic E-state index is -0.698. The predicted octanol–water partition coefficient (Wildman–Crippen LogP) is 2.42. The van der Waals surface area contributed by atoms with Crippen molar-refractivity contribution in [2.24, 2.45) is 11.7 Å². The van der Waals surface area contributed by atoms with Crippen molar-refractivity contribution in [1.82, 2.24) is 0 Å². The highest BCUT2D eigenvalue weighted by molar-refractivity contribution is 5.92. The van der Waals surface area contributed by atoms with Crippen molar-refractivity contribution in [3.05, 3.63) is 29.8 Å². The molecule has 3 nitrogen and oxygen atoms in total. The molecule has 0 aromatic heterocycles. The molecule has 0 atom stereocenters. The van der Waals surface area contributed by atoms with Gasteiger partial charge in [-0.25, -0.2) is 8.78 Å². The van der Waals surface area contributed by atoms with Gasteiger partial charge in [-0.3, -0.25) is 4.79 Å². The first-order valence-corrected chi connectivity index (χ1v) is 6.07. The van der Waals surface area contributed by atoms with Crippen LogP contribution < -0.4 is 11.1 Å². The fraction of sp³-hybridized carbons (Fsp3) is 0.462. The molecule has 2 rings (SSSR count). The highest BCUT2D eigenvalue weighted by Gasteiger charge is 2.24. The number of hydrogen-bond acceptors (Lipinski definition) is 2. The second-order valence-corrected chi connectivity index (χ2v) is 4.76. The lowest BCUT2D eigenvalue weighted by atomic mass is 9.86. The molecule has 1 aromatic rings. The number of carbonyl (C=O) groups excluding carboxylic acids is 1. The van der Waals surface area contributed by atoms with Gasteiger partial charge in [0.25, 0.3) is 0 Å². The van der Waals surface area contributed by atoms with Gasteiger partial charge in [-0.1, -0.05) is 0 Å². The van der Waals surface area contributed by atoms with E-state index in [-0.39, 0.29) is 23.6 Å². The lowest BCUT2D eigenvalue weighted by Crippen LogP contribution is -2.32. The quantitative estimate of drug-likeness (QED) is 0.851. The van der Waals surface area contributed by atoms with E-state index in [1.54, 1.807) is 0 Å². The summed E-state index contributed by atoms with van der Waals surface area (Å²) in [6, 6.07) is 3.15. The Balaban J connectivity index is 1.98. The van der Waals surface area contributed by atoms with Crippen molar-refractivity contribution in [2.45, 2.75) is 31.7 Å². The summed E-state index contributed by atoms with van der Waals surface area (Å²) in [6.07, 6.45) is 3.08. The molecule has 0 radical (unpaired) electrons. The van der Waals surface area contributed by atoms with E-state index in [0.29, 0.717) is 0 Å². The Bertz CT molecular complexity index is 422. The van der Waals surface area contributed by atoms with Gasteiger partial charge >= 0.3 is 0 Å². The van der Waals surface area contributed by atoms with E-state index in [2.05, 4.69) is 5.32 Å². The van der Waals surface area contributed by atoms with E-state index in [1.165, 1.54) is 0 Å². The molecule has 1 aliphatic rings. The number of halogens is 2. The molecule has 1 fully saturated rings. The zero-order chi connectivity index (χ0) is 13.1. The summed E-state index contributed by atoms with van der Waals surface area (Å²) in [6.45, 7) is 0. The molecule has 0 bridgehead atoms. The molecule has 1 amide bonds. The zero-order valence-electron chi connectivity index (χ0n) is 9.96. The number of benzene rings is 1. The molecule has 1 aromatic carbocycles. The number of hydrogen-bond donors (Lipinski definition) is 2. The number of nitrogens with two attached hydrogens (primary N) is 1. The maximum absolute atomic E-state index is 13.0. The Hall–Kier alpha value is -1.49. The Kier molecular flexibility index (Phi) is 3.91. The number of anilines is 1. The Morgan fingerprint density at radius 1 is 1.11 bits per heavy atom. The monoisotopic (exact) mass is 254 g/mol. The fourth-order valence-corrected chi connectivity index (χ4v) is 2.25. The van der Waals surface area contributed by atoms with Crippen LogP contribution in [0.4, 0.5) is 14.5 Å². The van der Waals surface area contributed by atoms with Crippen LogP contribution in [-0.4, -0.2) is 11.9 Å². The van der Waals surface area contributed by atoms with Crippen LogP contribution in [0.2, 0.25) is 0 Å².